The summed E-state index contributed by atoms with van der Waals surface area (Å²) in [6, 6.07) is 6.73. The molecule has 0 radical (unpaired) electrons. The van der Waals surface area contributed by atoms with Crippen LogP contribution >= 0.6 is 11.3 Å². The standard InChI is InChI=1S/C19H24FN3OS/c1-13(15-6-4-8-21-11-15)9-18(24)23-19-22-12-16(25-19)10-14-5-2-3-7-17(14)20/h2-3,5,7,12-13,15,21H,4,6,8-11H2,1H3,(H,22,23,24). The Hall–Kier alpha value is -1.79. The van der Waals surface area contributed by atoms with E-state index in [2.05, 4.69) is 22.5 Å². The fourth-order valence-electron chi connectivity index (χ4n) is 3.27. The molecule has 2 heterocycles. The predicted octanol–water partition coefficient (Wildman–Crippen LogP) is 3.84. The highest BCUT2D eigenvalue weighted by molar-refractivity contribution is 7.15. The highest BCUT2D eigenvalue weighted by Gasteiger charge is 2.22. The Morgan fingerprint density at radius 1 is 1.48 bits per heavy atom. The van der Waals surface area contributed by atoms with Crippen molar-refractivity contribution in [3.8, 4) is 0 Å². The maximum absolute atomic E-state index is 13.7. The second-order valence-corrected chi connectivity index (χ2v) is 7.85. The smallest absolute Gasteiger partial charge is 0.226 e. The van der Waals surface area contributed by atoms with Gasteiger partial charge in [-0.25, -0.2) is 9.37 Å². The quantitative estimate of drug-likeness (QED) is 0.822. The van der Waals surface area contributed by atoms with Crippen molar-refractivity contribution in [2.75, 3.05) is 18.4 Å². The zero-order valence-corrected chi connectivity index (χ0v) is 15.2. The average molecular weight is 361 g/mol. The summed E-state index contributed by atoms with van der Waals surface area (Å²) in [7, 11) is 0. The molecule has 1 saturated heterocycles. The van der Waals surface area contributed by atoms with Crippen LogP contribution in [0.4, 0.5) is 9.52 Å². The van der Waals surface area contributed by atoms with Crippen LogP contribution < -0.4 is 10.6 Å². The minimum absolute atomic E-state index is 0.00450. The second-order valence-electron chi connectivity index (χ2n) is 6.74. The maximum atomic E-state index is 13.7. The van der Waals surface area contributed by atoms with Gasteiger partial charge in [0.15, 0.2) is 5.13 Å². The number of aromatic nitrogens is 1. The molecule has 1 aliphatic rings. The fourth-order valence-corrected chi connectivity index (χ4v) is 4.12. The van der Waals surface area contributed by atoms with Crippen LogP contribution in [-0.2, 0) is 11.2 Å². The van der Waals surface area contributed by atoms with Crippen molar-refractivity contribution < 1.29 is 9.18 Å². The molecule has 2 N–H and O–H groups in total. The number of carbonyl (C=O) groups excluding carboxylic acids is 1. The average Bonchev–Trinajstić information content (AvgIpc) is 3.04. The Kier molecular flexibility index (Phi) is 6.15. The number of hydrogen-bond donors (Lipinski definition) is 2. The van der Waals surface area contributed by atoms with Crippen LogP contribution in [0.1, 0.15) is 36.6 Å². The summed E-state index contributed by atoms with van der Waals surface area (Å²) in [6.07, 6.45) is 5.08. The van der Waals surface area contributed by atoms with Crippen molar-refractivity contribution in [2.24, 2.45) is 11.8 Å². The molecule has 1 aromatic heterocycles. The summed E-state index contributed by atoms with van der Waals surface area (Å²) in [5, 5.41) is 6.87. The summed E-state index contributed by atoms with van der Waals surface area (Å²) in [5.74, 6) is 0.708. The van der Waals surface area contributed by atoms with Crippen LogP contribution in [0.5, 0.6) is 0 Å². The number of benzene rings is 1. The fraction of sp³-hybridized carbons (Fsp3) is 0.474. The number of piperidine rings is 1. The summed E-state index contributed by atoms with van der Waals surface area (Å²) in [5.41, 5.74) is 0.641. The van der Waals surface area contributed by atoms with Crippen LogP contribution in [0.2, 0.25) is 0 Å². The SMILES string of the molecule is CC(CC(=O)Nc1ncc(Cc2ccccc2F)s1)C1CCCNC1. The lowest BCUT2D eigenvalue weighted by molar-refractivity contribution is -0.117. The summed E-state index contributed by atoms with van der Waals surface area (Å²) in [4.78, 5) is 17.5. The Bertz CT molecular complexity index is 712. The van der Waals surface area contributed by atoms with E-state index in [0.29, 0.717) is 35.4 Å². The third-order valence-corrected chi connectivity index (χ3v) is 5.68. The van der Waals surface area contributed by atoms with E-state index in [9.17, 15) is 9.18 Å². The molecule has 134 valence electrons. The lowest BCUT2D eigenvalue weighted by atomic mass is 9.85. The van der Waals surface area contributed by atoms with E-state index in [0.717, 1.165) is 18.0 Å². The number of thiazole rings is 1. The second kappa shape index (κ2) is 8.54. The molecule has 6 heteroatoms. The zero-order valence-electron chi connectivity index (χ0n) is 14.4. The van der Waals surface area contributed by atoms with Gasteiger partial charge in [0.25, 0.3) is 0 Å². The van der Waals surface area contributed by atoms with Crippen LogP contribution in [0.15, 0.2) is 30.5 Å². The number of anilines is 1. The van der Waals surface area contributed by atoms with Crippen molar-refractivity contribution in [1.82, 2.24) is 10.3 Å². The van der Waals surface area contributed by atoms with E-state index in [1.54, 1.807) is 18.3 Å². The van der Waals surface area contributed by atoms with E-state index in [1.165, 1.54) is 30.2 Å². The largest absolute Gasteiger partial charge is 0.316 e. The van der Waals surface area contributed by atoms with Crippen molar-refractivity contribution >= 4 is 22.4 Å². The van der Waals surface area contributed by atoms with Gasteiger partial charge in [0, 0.05) is 23.9 Å². The number of halogens is 1. The molecule has 0 bridgehead atoms. The van der Waals surface area contributed by atoms with Gasteiger partial charge < -0.3 is 10.6 Å². The minimum Gasteiger partial charge on any atom is -0.316 e. The van der Waals surface area contributed by atoms with Crippen LogP contribution in [-0.4, -0.2) is 24.0 Å². The normalized spacial score (nSPS) is 18.7. The lowest BCUT2D eigenvalue weighted by Gasteiger charge is -2.27. The molecule has 0 saturated carbocycles. The van der Waals surface area contributed by atoms with Gasteiger partial charge in [-0.05, 0) is 49.4 Å². The first-order chi connectivity index (χ1) is 12.1. The molecule has 25 heavy (non-hydrogen) atoms. The molecular formula is C19H24FN3OS. The lowest BCUT2D eigenvalue weighted by Crippen LogP contribution is -2.34. The van der Waals surface area contributed by atoms with E-state index in [4.69, 9.17) is 0 Å². The zero-order chi connectivity index (χ0) is 17.6. The number of rotatable bonds is 6. The Morgan fingerprint density at radius 2 is 2.32 bits per heavy atom. The minimum atomic E-state index is -0.212. The van der Waals surface area contributed by atoms with Crippen molar-refractivity contribution in [1.29, 1.82) is 0 Å². The predicted molar refractivity (Wildman–Crippen MR) is 99.3 cm³/mol. The number of amides is 1. The third-order valence-electron chi connectivity index (χ3n) is 4.77. The topological polar surface area (TPSA) is 54.0 Å². The van der Waals surface area contributed by atoms with E-state index in [-0.39, 0.29) is 11.7 Å². The molecule has 2 aromatic rings. The number of carbonyl (C=O) groups is 1. The van der Waals surface area contributed by atoms with Gasteiger partial charge in [-0.2, -0.15) is 0 Å². The molecule has 1 aromatic carbocycles. The highest BCUT2D eigenvalue weighted by atomic mass is 32.1. The highest BCUT2D eigenvalue weighted by Crippen LogP contribution is 2.25. The molecule has 0 spiro atoms. The van der Waals surface area contributed by atoms with Gasteiger partial charge in [0.1, 0.15) is 5.82 Å². The number of nitrogens with one attached hydrogen (secondary N) is 2. The Labute approximate surface area is 151 Å². The summed E-state index contributed by atoms with van der Waals surface area (Å²) >= 11 is 1.41. The van der Waals surface area contributed by atoms with Gasteiger partial charge in [-0.15, -0.1) is 11.3 Å². The van der Waals surface area contributed by atoms with Crippen molar-refractivity contribution in [2.45, 2.75) is 32.6 Å². The molecule has 1 amide bonds. The van der Waals surface area contributed by atoms with Crippen LogP contribution in [0, 0.1) is 17.7 Å². The van der Waals surface area contributed by atoms with Crippen LogP contribution in [0.3, 0.4) is 0 Å². The summed E-state index contributed by atoms with van der Waals surface area (Å²) in [6.45, 7) is 4.22. The first kappa shape index (κ1) is 18.0. The monoisotopic (exact) mass is 361 g/mol. The Balaban J connectivity index is 1.52. The molecule has 2 unspecified atom stereocenters. The molecule has 1 aliphatic heterocycles. The summed E-state index contributed by atoms with van der Waals surface area (Å²) < 4.78 is 13.7. The molecule has 2 atom stereocenters. The molecule has 0 aliphatic carbocycles. The third kappa shape index (κ3) is 5.09. The van der Waals surface area contributed by atoms with Gasteiger partial charge in [-0.1, -0.05) is 25.1 Å². The van der Waals surface area contributed by atoms with Gasteiger partial charge in [0.2, 0.25) is 5.91 Å². The molecule has 4 nitrogen and oxygen atoms in total. The van der Waals surface area contributed by atoms with Gasteiger partial charge in [-0.3, -0.25) is 4.79 Å². The first-order valence-electron chi connectivity index (χ1n) is 8.80. The molecule has 3 rings (SSSR count). The molecular weight excluding hydrogens is 337 g/mol. The number of nitrogens with zero attached hydrogens (tertiary/aromatic N) is 1. The van der Waals surface area contributed by atoms with Crippen LogP contribution in [0.25, 0.3) is 0 Å². The van der Waals surface area contributed by atoms with E-state index < -0.39 is 0 Å². The van der Waals surface area contributed by atoms with E-state index in [1.807, 2.05) is 6.07 Å². The molecule has 1 fully saturated rings. The van der Waals surface area contributed by atoms with Crippen molar-refractivity contribution in [3.05, 3.63) is 46.7 Å². The van der Waals surface area contributed by atoms with Gasteiger partial charge in [0.05, 0.1) is 0 Å². The maximum Gasteiger partial charge on any atom is 0.226 e. The number of hydrogen-bond acceptors (Lipinski definition) is 4. The van der Waals surface area contributed by atoms with E-state index >= 15 is 0 Å². The van der Waals surface area contributed by atoms with Gasteiger partial charge >= 0.3 is 0 Å². The van der Waals surface area contributed by atoms with Crippen molar-refractivity contribution in [3.63, 3.8) is 0 Å². The Morgan fingerprint density at radius 3 is 3.08 bits per heavy atom. The first-order valence-corrected chi connectivity index (χ1v) is 9.62.